The maximum atomic E-state index is 11.4. The SMILES string of the molecule is CCCCCCCCCCCC[Si](c1ccc(C=O)cc1)(c1ccc(C=O)cc1)c1ccc(C=O)cc1. The van der Waals surface area contributed by atoms with Gasteiger partial charge in [-0.1, -0.05) is 144 Å². The summed E-state index contributed by atoms with van der Waals surface area (Å²) >= 11 is 0. The zero-order valence-corrected chi connectivity index (χ0v) is 23.2. The second-order valence-electron chi connectivity index (χ2n) is 10.1. The molecule has 0 bridgehead atoms. The fraction of sp³-hybridized carbons (Fsp3) is 0.364. The highest BCUT2D eigenvalue weighted by atomic mass is 28.3. The Morgan fingerprint density at radius 3 is 1.05 bits per heavy atom. The standard InChI is InChI=1S/C33H40O3Si/c1-2-3-4-5-6-7-8-9-10-11-24-37(31-18-12-28(25-34)13-19-31,32-20-14-29(26-35)15-21-32)33-22-16-30(27-36)17-23-33/h12-23,25-27H,2-11,24H2,1H3. The highest BCUT2D eigenvalue weighted by Crippen LogP contribution is 2.20. The van der Waals surface area contributed by atoms with Crippen molar-refractivity contribution in [3.8, 4) is 0 Å². The van der Waals surface area contributed by atoms with Crippen molar-refractivity contribution in [1.29, 1.82) is 0 Å². The van der Waals surface area contributed by atoms with Crippen molar-refractivity contribution in [2.24, 2.45) is 0 Å². The number of carbonyl (C=O) groups is 3. The highest BCUT2D eigenvalue weighted by molar-refractivity contribution is 7.11. The van der Waals surface area contributed by atoms with E-state index in [-0.39, 0.29) is 0 Å². The minimum absolute atomic E-state index is 0.665. The Hall–Kier alpha value is -3.11. The molecule has 3 rings (SSSR count). The van der Waals surface area contributed by atoms with Gasteiger partial charge in [-0.25, -0.2) is 0 Å². The topological polar surface area (TPSA) is 51.2 Å². The van der Waals surface area contributed by atoms with Crippen molar-refractivity contribution in [1.82, 2.24) is 0 Å². The van der Waals surface area contributed by atoms with Crippen LogP contribution >= 0.6 is 0 Å². The molecular formula is C33H40O3Si. The Morgan fingerprint density at radius 1 is 0.459 bits per heavy atom. The summed E-state index contributed by atoms with van der Waals surface area (Å²) in [4.78, 5) is 34.1. The van der Waals surface area contributed by atoms with Gasteiger partial charge in [0.05, 0.1) is 0 Å². The van der Waals surface area contributed by atoms with Gasteiger partial charge in [-0.15, -0.1) is 0 Å². The van der Waals surface area contributed by atoms with Gasteiger partial charge in [-0.2, -0.15) is 0 Å². The van der Waals surface area contributed by atoms with E-state index in [1.807, 2.05) is 36.4 Å². The first-order valence-electron chi connectivity index (χ1n) is 13.8. The average molecular weight is 513 g/mol. The third-order valence-corrected chi connectivity index (χ3v) is 12.6. The van der Waals surface area contributed by atoms with E-state index in [4.69, 9.17) is 0 Å². The van der Waals surface area contributed by atoms with E-state index >= 15 is 0 Å². The summed E-state index contributed by atoms with van der Waals surface area (Å²) in [6.07, 6.45) is 15.5. The summed E-state index contributed by atoms with van der Waals surface area (Å²) in [5.41, 5.74) is 1.99. The molecule has 0 fully saturated rings. The van der Waals surface area contributed by atoms with Crippen LogP contribution in [-0.2, 0) is 0 Å². The van der Waals surface area contributed by atoms with E-state index in [0.717, 1.165) is 31.3 Å². The van der Waals surface area contributed by atoms with Crippen LogP contribution in [0.4, 0.5) is 0 Å². The lowest BCUT2D eigenvalue weighted by Gasteiger charge is -2.34. The molecule has 194 valence electrons. The molecule has 3 aromatic carbocycles. The Balaban J connectivity index is 1.88. The minimum atomic E-state index is -2.47. The van der Waals surface area contributed by atoms with Crippen LogP contribution in [-0.4, -0.2) is 26.9 Å². The van der Waals surface area contributed by atoms with E-state index in [1.165, 1.54) is 73.3 Å². The molecule has 0 saturated carbocycles. The lowest BCUT2D eigenvalue weighted by atomic mass is 10.1. The fourth-order valence-electron chi connectivity index (χ4n) is 5.35. The first kappa shape index (κ1) is 28.5. The molecule has 0 saturated heterocycles. The molecule has 3 nitrogen and oxygen atoms in total. The summed E-state index contributed by atoms with van der Waals surface area (Å²) in [7, 11) is -2.47. The molecule has 0 spiro atoms. The van der Waals surface area contributed by atoms with Gasteiger partial charge in [0.2, 0.25) is 0 Å². The third-order valence-electron chi connectivity index (χ3n) is 7.52. The van der Waals surface area contributed by atoms with E-state index in [1.54, 1.807) is 0 Å². The number of benzene rings is 3. The molecular weight excluding hydrogens is 472 g/mol. The van der Waals surface area contributed by atoms with Gasteiger partial charge >= 0.3 is 0 Å². The summed E-state index contributed by atoms with van der Waals surface area (Å²) in [5, 5.41) is 3.73. The Labute approximate surface area is 223 Å². The Bertz CT molecular complexity index is 977. The van der Waals surface area contributed by atoms with Crippen LogP contribution in [0.2, 0.25) is 6.04 Å². The van der Waals surface area contributed by atoms with Crippen LogP contribution in [0.3, 0.4) is 0 Å². The molecule has 0 heterocycles. The number of hydrogen-bond acceptors (Lipinski definition) is 3. The third kappa shape index (κ3) is 7.69. The molecule has 0 unspecified atom stereocenters. The lowest BCUT2D eigenvalue weighted by molar-refractivity contribution is 0.111. The van der Waals surface area contributed by atoms with Gasteiger partial charge in [0.1, 0.15) is 26.9 Å². The zero-order valence-electron chi connectivity index (χ0n) is 22.2. The monoisotopic (exact) mass is 512 g/mol. The lowest BCUT2D eigenvalue weighted by Crippen LogP contribution is -2.67. The van der Waals surface area contributed by atoms with Crippen LogP contribution < -0.4 is 15.6 Å². The molecule has 0 amide bonds. The van der Waals surface area contributed by atoms with Gasteiger partial charge in [0.25, 0.3) is 0 Å². The van der Waals surface area contributed by atoms with E-state index < -0.39 is 8.07 Å². The first-order chi connectivity index (χ1) is 18.2. The molecule has 3 aromatic rings. The van der Waals surface area contributed by atoms with Crippen LogP contribution in [0.1, 0.15) is 102 Å². The quantitative estimate of drug-likeness (QED) is 0.0896. The summed E-state index contributed by atoms with van der Waals surface area (Å²) in [5.74, 6) is 0. The molecule has 0 atom stereocenters. The molecule has 0 aromatic heterocycles. The normalized spacial score (nSPS) is 11.3. The number of hydrogen-bond donors (Lipinski definition) is 0. The maximum absolute atomic E-state index is 11.4. The summed E-state index contributed by atoms with van der Waals surface area (Å²) < 4.78 is 0. The average Bonchev–Trinajstić information content (AvgIpc) is 2.96. The van der Waals surface area contributed by atoms with Crippen LogP contribution in [0.25, 0.3) is 0 Å². The van der Waals surface area contributed by atoms with E-state index in [9.17, 15) is 14.4 Å². The molecule has 0 aliphatic rings. The molecule has 4 heteroatoms. The molecule has 0 aliphatic carbocycles. The Kier molecular flexibility index (Phi) is 11.7. The number of aldehydes is 3. The number of carbonyl (C=O) groups excluding carboxylic acids is 3. The molecule has 0 aliphatic heterocycles. The Morgan fingerprint density at radius 2 is 0.757 bits per heavy atom. The van der Waals surface area contributed by atoms with Gasteiger partial charge in [0, 0.05) is 16.7 Å². The summed E-state index contributed by atoms with van der Waals surface area (Å²) in [6, 6.07) is 25.1. The van der Waals surface area contributed by atoms with Gasteiger partial charge < -0.3 is 0 Å². The second-order valence-corrected chi connectivity index (χ2v) is 14.1. The maximum Gasteiger partial charge on any atom is 0.150 e. The minimum Gasteiger partial charge on any atom is -0.298 e. The van der Waals surface area contributed by atoms with Gasteiger partial charge in [0.15, 0.2) is 0 Å². The van der Waals surface area contributed by atoms with E-state index in [0.29, 0.717) is 16.7 Å². The van der Waals surface area contributed by atoms with Crippen LogP contribution in [0.5, 0.6) is 0 Å². The predicted molar refractivity (Wildman–Crippen MR) is 157 cm³/mol. The van der Waals surface area contributed by atoms with Gasteiger partial charge in [-0.05, 0) is 21.6 Å². The smallest absolute Gasteiger partial charge is 0.150 e. The second kappa shape index (κ2) is 15.2. The van der Waals surface area contributed by atoms with Crippen LogP contribution in [0.15, 0.2) is 72.8 Å². The van der Waals surface area contributed by atoms with E-state index in [2.05, 4.69) is 43.3 Å². The predicted octanol–water partition coefficient (Wildman–Crippen LogP) is 6.52. The molecule has 0 radical (unpaired) electrons. The molecule has 37 heavy (non-hydrogen) atoms. The van der Waals surface area contributed by atoms with Crippen molar-refractivity contribution in [2.75, 3.05) is 0 Å². The number of rotatable bonds is 17. The van der Waals surface area contributed by atoms with Crippen molar-refractivity contribution in [2.45, 2.75) is 77.2 Å². The van der Waals surface area contributed by atoms with Crippen molar-refractivity contribution in [3.05, 3.63) is 89.5 Å². The van der Waals surface area contributed by atoms with Crippen molar-refractivity contribution in [3.63, 3.8) is 0 Å². The zero-order chi connectivity index (χ0) is 26.3. The van der Waals surface area contributed by atoms with Crippen molar-refractivity contribution >= 4 is 42.5 Å². The highest BCUT2D eigenvalue weighted by Gasteiger charge is 2.38. The van der Waals surface area contributed by atoms with Crippen molar-refractivity contribution < 1.29 is 14.4 Å². The first-order valence-corrected chi connectivity index (χ1v) is 16.1. The fourth-order valence-corrected chi connectivity index (χ4v) is 10.2. The molecule has 0 N–H and O–H groups in total. The largest absolute Gasteiger partial charge is 0.298 e. The van der Waals surface area contributed by atoms with Crippen LogP contribution in [0, 0.1) is 0 Å². The van der Waals surface area contributed by atoms with Gasteiger partial charge in [-0.3, -0.25) is 14.4 Å². The number of unbranched alkanes of at least 4 members (excludes halogenated alkanes) is 9. The summed E-state index contributed by atoms with van der Waals surface area (Å²) in [6.45, 7) is 2.26.